The summed E-state index contributed by atoms with van der Waals surface area (Å²) < 4.78 is 5.79. The Kier molecular flexibility index (Phi) is 4.65. The molecular formula is C17H19N3O2. The molecule has 5 heteroatoms. The number of pyridine rings is 1. The third kappa shape index (κ3) is 3.62. The quantitative estimate of drug-likeness (QED) is 0.889. The van der Waals surface area contributed by atoms with Crippen LogP contribution in [0.25, 0.3) is 0 Å². The standard InChI is InChI=1S/C17H19N3O2/c21-17(14-8-4-10-18-14)20-16-15(9-5-11-19-16)22-12-13-6-2-1-3-7-13/h1-3,5-7,9,11,14,18H,4,8,10,12H2,(H,19,20,21)/t14-/m0/s1. The second kappa shape index (κ2) is 7.04. The SMILES string of the molecule is O=C(Nc1ncccc1OCc1ccccc1)[C@@H]1CCCN1. The van der Waals surface area contributed by atoms with Gasteiger partial charge in [0.05, 0.1) is 6.04 Å². The van der Waals surface area contributed by atoms with Crippen molar-refractivity contribution in [1.29, 1.82) is 0 Å². The molecule has 1 atom stereocenters. The normalized spacial score (nSPS) is 17.2. The van der Waals surface area contributed by atoms with E-state index in [4.69, 9.17) is 4.74 Å². The van der Waals surface area contributed by atoms with Crippen LogP contribution in [0.1, 0.15) is 18.4 Å². The lowest BCUT2D eigenvalue weighted by Gasteiger charge is -2.14. The largest absolute Gasteiger partial charge is 0.485 e. The Labute approximate surface area is 129 Å². The fourth-order valence-electron chi connectivity index (χ4n) is 2.45. The number of benzene rings is 1. The van der Waals surface area contributed by atoms with Gasteiger partial charge in [0.1, 0.15) is 6.61 Å². The number of hydrogen-bond donors (Lipinski definition) is 2. The molecular weight excluding hydrogens is 278 g/mol. The molecule has 0 spiro atoms. The minimum Gasteiger partial charge on any atom is -0.485 e. The zero-order chi connectivity index (χ0) is 15.2. The van der Waals surface area contributed by atoms with Crippen LogP contribution in [0.2, 0.25) is 0 Å². The van der Waals surface area contributed by atoms with Crippen molar-refractivity contribution in [2.24, 2.45) is 0 Å². The summed E-state index contributed by atoms with van der Waals surface area (Å²) in [4.78, 5) is 16.4. The van der Waals surface area contributed by atoms with Crippen molar-refractivity contribution in [3.63, 3.8) is 0 Å². The summed E-state index contributed by atoms with van der Waals surface area (Å²) in [5.41, 5.74) is 1.07. The third-order valence-corrected chi connectivity index (χ3v) is 3.63. The van der Waals surface area contributed by atoms with E-state index in [0.717, 1.165) is 24.9 Å². The van der Waals surface area contributed by atoms with Gasteiger partial charge in [0.25, 0.3) is 0 Å². The lowest BCUT2D eigenvalue weighted by atomic mass is 10.2. The van der Waals surface area contributed by atoms with Crippen LogP contribution in [0.4, 0.5) is 5.82 Å². The van der Waals surface area contributed by atoms with Crippen LogP contribution >= 0.6 is 0 Å². The highest BCUT2D eigenvalue weighted by Gasteiger charge is 2.23. The topological polar surface area (TPSA) is 63.2 Å². The second-order valence-electron chi connectivity index (χ2n) is 5.26. The average Bonchev–Trinajstić information content (AvgIpc) is 3.10. The lowest BCUT2D eigenvalue weighted by molar-refractivity contribution is -0.117. The Morgan fingerprint density at radius 1 is 1.27 bits per heavy atom. The number of anilines is 1. The van der Waals surface area contributed by atoms with Gasteiger partial charge in [0.15, 0.2) is 11.6 Å². The lowest BCUT2D eigenvalue weighted by Crippen LogP contribution is -2.35. The van der Waals surface area contributed by atoms with E-state index in [0.29, 0.717) is 18.2 Å². The van der Waals surface area contributed by atoms with Crippen LogP contribution in [0.15, 0.2) is 48.7 Å². The summed E-state index contributed by atoms with van der Waals surface area (Å²) in [7, 11) is 0. The van der Waals surface area contributed by atoms with Gasteiger partial charge in [-0.05, 0) is 37.1 Å². The molecule has 1 saturated heterocycles. The summed E-state index contributed by atoms with van der Waals surface area (Å²) in [6.45, 7) is 1.33. The molecule has 1 aliphatic heterocycles. The van der Waals surface area contributed by atoms with Crippen molar-refractivity contribution in [1.82, 2.24) is 10.3 Å². The number of ether oxygens (including phenoxy) is 1. The first-order valence-electron chi connectivity index (χ1n) is 7.49. The van der Waals surface area contributed by atoms with E-state index >= 15 is 0 Å². The first kappa shape index (κ1) is 14.5. The van der Waals surface area contributed by atoms with Crippen LogP contribution in [-0.4, -0.2) is 23.5 Å². The summed E-state index contributed by atoms with van der Waals surface area (Å²) >= 11 is 0. The van der Waals surface area contributed by atoms with Gasteiger partial charge in [-0.25, -0.2) is 4.98 Å². The van der Waals surface area contributed by atoms with Crippen LogP contribution in [0, 0.1) is 0 Å². The maximum Gasteiger partial charge on any atom is 0.242 e. The molecule has 114 valence electrons. The van der Waals surface area contributed by atoms with Crippen molar-refractivity contribution < 1.29 is 9.53 Å². The third-order valence-electron chi connectivity index (χ3n) is 3.63. The summed E-state index contributed by atoms with van der Waals surface area (Å²) in [6, 6.07) is 13.4. The highest BCUT2D eigenvalue weighted by Crippen LogP contribution is 2.22. The van der Waals surface area contributed by atoms with Gasteiger partial charge in [-0.15, -0.1) is 0 Å². The van der Waals surface area contributed by atoms with Crippen molar-refractivity contribution in [3.05, 3.63) is 54.2 Å². The highest BCUT2D eigenvalue weighted by molar-refractivity contribution is 5.95. The Hall–Kier alpha value is -2.40. The molecule has 1 aromatic carbocycles. The molecule has 22 heavy (non-hydrogen) atoms. The van der Waals surface area contributed by atoms with E-state index in [2.05, 4.69) is 15.6 Å². The maximum absolute atomic E-state index is 12.2. The van der Waals surface area contributed by atoms with E-state index in [1.807, 2.05) is 36.4 Å². The fourth-order valence-corrected chi connectivity index (χ4v) is 2.45. The Balaban J connectivity index is 1.65. The van der Waals surface area contributed by atoms with Crippen LogP contribution in [0.5, 0.6) is 5.75 Å². The molecule has 0 saturated carbocycles. The van der Waals surface area contributed by atoms with Gasteiger partial charge >= 0.3 is 0 Å². The number of aromatic nitrogens is 1. The number of hydrogen-bond acceptors (Lipinski definition) is 4. The molecule has 0 bridgehead atoms. The summed E-state index contributed by atoms with van der Waals surface area (Å²) in [6.07, 6.45) is 3.53. The number of rotatable bonds is 5. The van der Waals surface area contributed by atoms with E-state index in [9.17, 15) is 4.79 Å². The summed E-state index contributed by atoms with van der Waals surface area (Å²) in [5.74, 6) is 0.996. The minimum atomic E-state index is -0.135. The van der Waals surface area contributed by atoms with Gasteiger partial charge in [-0.1, -0.05) is 30.3 Å². The molecule has 3 rings (SSSR count). The molecule has 1 fully saturated rings. The smallest absolute Gasteiger partial charge is 0.242 e. The monoisotopic (exact) mass is 297 g/mol. The van der Waals surface area contributed by atoms with Crippen molar-refractivity contribution in [2.45, 2.75) is 25.5 Å². The van der Waals surface area contributed by atoms with Crippen LogP contribution in [0.3, 0.4) is 0 Å². The summed E-state index contributed by atoms with van der Waals surface area (Å²) in [5, 5.41) is 6.02. The zero-order valence-electron chi connectivity index (χ0n) is 12.3. The number of nitrogens with zero attached hydrogens (tertiary/aromatic N) is 1. The molecule has 2 N–H and O–H groups in total. The average molecular weight is 297 g/mol. The van der Waals surface area contributed by atoms with Gasteiger partial charge in [0.2, 0.25) is 5.91 Å². The van der Waals surface area contributed by atoms with E-state index in [-0.39, 0.29) is 11.9 Å². The molecule has 2 aromatic rings. The molecule has 1 amide bonds. The number of nitrogens with one attached hydrogen (secondary N) is 2. The maximum atomic E-state index is 12.2. The van der Waals surface area contributed by atoms with Crippen molar-refractivity contribution in [2.75, 3.05) is 11.9 Å². The number of carbonyl (C=O) groups excluding carboxylic acids is 1. The van der Waals surface area contributed by atoms with Gasteiger partial charge < -0.3 is 15.4 Å². The van der Waals surface area contributed by atoms with Crippen molar-refractivity contribution in [3.8, 4) is 5.75 Å². The molecule has 2 heterocycles. The van der Waals surface area contributed by atoms with Crippen molar-refractivity contribution >= 4 is 11.7 Å². The Bertz CT molecular complexity index is 625. The van der Waals surface area contributed by atoms with Crippen LogP contribution < -0.4 is 15.4 Å². The minimum absolute atomic E-state index is 0.0549. The predicted molar refractivity (Wildman–Crippen MR) is 84.7 cm³/mol. The number of amides is 1. The van der Waals surface area contributed by atoms with E-state index in [1.165, 1.54) is 0 Å². The molecule has 1 aromatic heterocycles. The molecule has 1 aliphatic rings. The second-order valence-corrected chi connectivity index (χ2v) is 5.26. The Morgan fingerprint density at radius 2 is 2.14 bits per heavy atom. The van der Waals surface area contributed by atoms with Gasteiger partial charge in [-0.3, -0.25) is 4.79 Å². The molecule has 0 unspecified atom stereocenters. The van der Waals surface area contributed by atoms with E-state index in [1.54, 1.807) is 12.3 Å². The predicted octanol–water partition coefficient (Wildman–Crippen LogP) is 2.35. The van der Waals surface area contributed by atoms with Gasteiger partial charge in [-0.2, -0.15) is 0 Å². The highest BCUT2D eigenvalue weighted by atomic mass is 16.5. The molecule has 0 aliphatic carbocycles. The van der Waals surface area contributed by atoms with E-state index < -0.39 is 0 Å². The van der Waals surface area contributed by atoms with Crippen LogP contribution in [-0.2, 0) is 11.4 Å². The Morgan fingerprint density at radius 3 is 2.91 bits per heavy atom. The fraction of sp³-hybridized carbons (Fsp3) is 0.294. The zero-order valence-corrected chi connectivity index (χ0v) is 12.3. The first-order chi connectivity index (χ1) is 10.8. The molecule has 5 nitrogen and oxygen atoms in total. The first-order valence-corrected chi connectivity index (χ1v) is 7.49. The van der Waals surface area contributed by atoms with Gasteiger partial charge in [0, 0.05) is 6.20 Å². The molecule has 0 radical (unpaired) electrons. The number of carbonyl (C=O) groups is 1.